The van der Waals surface area contributed by atoms with Gasteiger partial charge in [-0.25, -0.2) is 0 Å². The van der Waals surface area contributed by atoms with Gasteiger partial charge in [-0.05, 0) is 6.42 Å². The molecule has 0 amide bonds. The van der Waals surface area contributed by atoms with E-state index in [1.165, 1.54) is 167 Å². The number of rotatable bonds is 30. The normalized spacial score (nSPS) is 11.6. The Labute approximate surface area is 216 Å². The van der Waals surface area contributed by atoms with E-state index >= 15 is 0 Å². The summed E-state index contributed by atoms with van der Waals surface area (Å²) in [6.45, 7) is 2.78. The van der Waals surface area contributed by atoms with Crippen molar-refractivity contribution in [2.45, 2.75) is 187 Å². The SMILES string of the molecule is CCCCCCCCCCCCCCCCCCCCCCCCCCCCCCOP(O)O. The Hall–Kier alpha value is 0.310. The maximum atomic E-state index is 8.65. The van der Waals surface area contributed by atoms with Crippen molar-refractivity contribution in [3.05, 3.63) is 0 Å². The topological polar surface area (TPSA) is 49.7 Å². The van der Waals surface area contributed by atoms with E-state index in [1.807, 2.05) is 0 Å². The van der Waals surface area contributed by atoms with Gasteiger partial charge in [0.1, 0.15) is 0 Å². The molecule has 0 aromatic carbocycles. The van der Waals surface area contributed by atoms with Crippen molar-refractivity contribution in [3.8, 4) is 0 Å². The molecule has 0 fully saturated rings. The molecule has 0 rings (SSSR count). The van der Waals surface area contributed by atoms with Crippen LogP contribution in [0.2, 0.25) is 0 Å². The van der Waals surface area contributed by atoms with Crippen LogP contribution in [0.1, 0.15) is 187 Å². The van der Waals surface area contributed by atoms with Gasteiger partial charge in [0.25, 0.3) is 0 Å². The zero-order valence-corrected chi connectivity index (χ0v) is 24.2. The summed E-state index contributed by atoms with van der Waals surface area (Å²) in [5.41, 5.74) is 0. The molecule has 0 aliphatic heterocycles. The fraction of sp³-hybridized carbons (Fsp3) is 1.00. The maximum Gasteiger partial charge on any atom is 0.327 e. The second-order valence-electron chi connectivity index (χ2n) is 10.6. The van der Waals surface area contributed by atoms with Gasteiger partial charge in [0.15, 0.2) is 0 Å². The van der Waals surface area contributed by atoms with Crippen molar-refractivity contribution in [2.75, 3.05) is 6.61 Å². The molecule has 0 unspecified atom stereocenters. The third-order valence-electron chi connectivity index (χ3n) is 7.20. The van der Waals surface area contributed by atoms with Gasteiger partial charge < -0.3 is 14.3 Å². The first-order chi connectivity index (χ1) is 16.8. The summed E-state index contributed by atoms with van der Waals surface area (Å²) in [5, 5.41) is 0. The quantitative estimate of drug-likeness (QED) is 0.0758. The molecule has 4 heteroatoms. The number of hydrogen-bond acceptors (Lipinski definition) is 3. The summed E-state index contributed by atoms with van der Waals surface area (Å²) in [6.07, 6.45) is 39.4. The average Bonchev–Trinajstić information content (AvgIpc) is 2.83. The Balaban J connectivity index is 3.00. The molecule has 2 N–H and O–H groups in total. The van der Waals surface area contributed by atoms with E-state index in [1.54, 1.807) is 0 Å². The number of unbranched alkanes of at least 4 members (excludes halogenated alkanes) is 27. The van der Waals surface area contributed by atoms with Gasteiger partial charge in [-0.2, -0.15) is 0 Å². The second-order valence-corrected chi connectivity index (χ2v) is 11.4. The van der Waals surface area contributed by atoms with Crippen LogP contribution in [0.5, 0.6) is 0 Å². The van der Waals surface area contributed by atoms with Crippen molar-refractivity contribution in [1.29, 1.82) is 0 Å². The van der Waals surface area contributed by atoms with Crippen molar-refractivity contribution >= 4 is 8.60 Å². The molecule has 0 bridgehead atoms. The van der Waals surface area contributed by atoms with Crippen molar-refractivity contribution in [2.24, 2.45) is 0 Å². The van der Waals surface area contributed by atoms with Crippen LogP contribution in [0, 0.1) is 0 Å². The standard InChI is InChI=1S/C30H63O3P/c1-2-3-4-5-6-7-8-9-10-11-12-13-14-15-16-17-18-19-20-21-22-23-24-25-26-27-28-29-30-33-34(31)32/h31-32H,2-30H2,1H3. The summed E-state index contributed by atoms with van der Waals surface area (Å²) in [4.78, 5) is 17.3. The monoisotopic (exact) mass is 502 g/mol. The highest BCUT2D eigenvalue weighted by molar-refractivity contribution is 7.39. The zero-order valence-electron chi connectivity index (χ0n) is 23.3. The molecule has 0 aliphatic carbocycles. The predicted molar refractivity (Wildman–Crippen MR) is 152 cm³/mol. The molecule has 0 aromatic heterocycles. The highest BCUT2D eigenvalue weighted by Gasteiger charge is 1.99. The third kappa shape index (κ3) is 32.3. The Morgan fingerprint density at radius 1 is 0.353 bits per heavy atom. The van der Waals surface area contributed by atoms with Gasteiger partial charge >= 0.3 is 8.60 Å². The van der Waals surface area contributed by atoms with Crippen LogP contribution in [0.4, 0.5) is 0 Å². The van der Waals surface area contributed by atoms with Gasteiger partial charge in [0.05, 0.1) is 6.61 Å². The lowest BCUT2D eigenvalue weighted by Crippen LogP contribution is -1.89. The molecule has 0 saturated carbocycles. The molecule has 0 atom stereocenters. The van der Waals surface area contributed by atoms with Crippen LogP contribution in [0.15, 0.2) is 0 Å². The minimum absolute atomic E-state index is 0.484. The van der Waals surface area contributed by atoms with Crippen LogP contribution < -0.4 is 0 Å². The first-order valence-electron chi connectivity index (χ1n) is 15.6. The first kappa shape index (κ1) is 34.3. The molecule has 0 radical (unpaired) electrons. The van der Waals surface area contributed by atoms with E-state index in [0.717, 1.165) is 12.8 Å². The molecule has 34 heavy (non-hydrogen) atoms. The maximum absolute atomic E-state index is 8.65. The van der Waals surface area contributed by atoms with E-state index in [2.05, 4.69) is 6.92 Å². The highest BCUT2D eigenvalue weighted by atomic mass is 31.2. The van der Waals surface area contributed by atoms with Crippen LogP contribution in [-0.4, -0.2) is 16.4 Å². The molecule has 0 saturated heterocycles. The second kappa shape index (κ2) is 31.3. The largest absolute Gasteiger partial charge is 0.328 e. The molecule has 0 aromatic rings. The van der Waals surface area contributed by atoms with Crippen LogP contribution in [0.3, 0.4) is 0 Å². The lowest BCUT2D eigenvalue weighted by molar-refractivity contribution is 0.248. The molecule has 3 nitrogen and oxygen atoms in total. The fourth-order valence-corrected chi connectivity index (χ4v) is 5.21. The summed E-state index contributed by atoms with van der Waals surface area (Å²) < 4.78 is 4.78. The van der Waals surface area contributed by atoms with E-state index in [0.29, 0.717) is 6.61 Å². The average molecular weight is 503 g/mol. The smallest absolute Gasteiger partial charge is 0.327 e. The Kier molecular flexibility index (Phi) is 31.6. The highest BCUT2D eigenvalue weighted by Crippen LogP contribution is 2.24. The van der Waals surface area contributed by atoms with Crippen molar-refractivity contribution in [1.82, 2.24) is 0 Å². The summed E-state index contributed by atoms with van der Waals surface area (Å²) in [5.74, 6) is 0. The molecular formula is C30H63O3P. The third-order valence-corrected chi connectivity index (χ3v) is 7.62. The molecule has 206 valence electrons. The molecule has 0 aliphatic rings. The summed E-state index contributed by atoms with van der Waals surface area (Å²) in [6, 6.07) is 0. The predicted octanol–water partition coefficient (Wildman–Crippen LogP) is 11.2. The lowest BCUT2D eigenvalue weighted by atomic mass is 10.0. The zero-order chi connectivity index (χ0) is 24.8. The minimum atomic E-state index is -2.15. The van der Waals surface area contributed by atoms with Gasteiger partial charge in [0.2, 0.25) is 0 Å². The van der Waals surface area contributed by atoms with Gasteiger partial charge in [-0.15, -0.1) is 0 Å². The van der Waals surface area contributed by atoms with E-state index in [-0.39, 0.29) is 0 Å². The van der Waals surface area contributed by atoms with Gasteiger partial charge in [-0.1, -0.05) is 180 Å². The van der Waals surface area contributed by atoms with Crippen molar-refractivity contribution < 1.29 is 14.3 Å². The van der Waals surface area contributed by atoms with Crippen LogP contribution >= 0.6 is 8.60 Å². The minimum Gasteiger partial charge on any atom is -0.328 e. The summed E-state index contributed by atoms with van der Waals surface area (Å²) >= 11 is 0. The van der Waals surface area contributed by atoms with E-state index < -0.39 is 8.60 Å². The van der Waals surface area contributed by atoms with E-state index in [9.17, 15) is 0 Å². The fourth-order valence-electron chi connectivity index (χ4n) is 4.92. The van der Waals surface area contributed by atoms with Crippen LogP contribution in [0.25, 0.3) is 0 Å². The Bertz CT molecular complexity index is 352. The Morgan fingerprint density at radius 3 is 0.765 bits per heavy atom. The van der Waals surface area contributed by atoms with Crippen molar-refractivity contribution in [3.63, 3.8) is 0 Å². The lowest BCUT2D eigenvalue weighted by Gasteiger charge is -2.05. The van der Waals surface area contributed by atoms with Gasteiger partial charge in [-0.3, -0.25) is 0 Å². The molecule has 0 spiro atoms. The summed E-state index contributed by atoms with van der Waals surface area (Å²) in [7, 11) is -2.15. The molecular weight excluding hydrogens is 439 g/mol. The van der Waals surface area contributed by atoms with Crippen LogP contribution in [-0.2, 0) is 4.52 Å². The van der Waals surface area contributed by atoms with E-state index in [4.69, 9.17) is 14.3 Å². The van der Waals surface area contributed by atoms with Gasteiger partial charge in [0, 0.05) is 0 Å². The Morgan fingerprint density at radius 2 is 0.559 bits per heavy atom. The first-order valence-corrected chi connectivity index (χ1v) is 16.7. The molecule has 0 heterocycles. The number of hydrogen-bond donors (Lipinski definition) is 2.